The lowest BCUT2D eigenvalue weighted by Crippen LogP contribution is -1.94. The second-order valence-electron chi connectivity index (χ2n) is 7.16. The SMILES string of the molecule is CCC(=C(c1ccc(O)cc1)c1ccc(O)cc1)c1ccccc1.CCC(=O)O.CCC(=O)O. The average molecular weight is 465 g/mol. The first-order valence-electron chi connectivity index (χ1n) is 11.0. The zero-order chi connectivity index (χ0) is 25.5. The first kappa shape index (κ1) is 28.0. The van der Waals surface area contributed by atoms with E-state index < -0.39 is 11.9 Å². The van der Waals surface area contributed by atoms with Gasteiger partial charge in [0, 0.05) is 12.8 Å². The highest BCUT2D eigenvalue weighted by Crippen LogP contribution is 2.35. The van der Waals surface area contributed by atoms with Gasteiger partial charge in [-0.1, -0.05) is 75.4 Å². The molecule has 0 aliphatic carbocycles. The fourth-order valence-corrected chi connectivity index (χ4v) is 2.94. The summed E-state index contributed by atoms with van der Waals surface area (Å²) >= 11 is 0. The number of allylic oxidation sites excluding steroid dienone is 1. The molecule has 0 spiro atoms. The van der Waals surface area contributed by atoms with E-state index in [-0.39, 0.29) is 24.3 Å². The molecule has 0 aromatic heterocycles. The molecular weight excluding hydrogens is 432 g/mol. The Kier molecular flexibility index (Phi) is 12.3. The highest BCUT2D eigenvalue weighted by atomic mass is 16.4. The van der Waals surface area contributed by atoms with Gasteiger partial charge in [-0.25, -0.2) is 0 Å². The van der Waals surface area contributed by atoms with Gasteiger partial charge in [0.2, 0.25) is 0 Å². The molecule has 6 nitrogen and oxygen atoms in total. The second kappa shape index (κ2) is 14.9. The molecule has 180 valence electrons. The van der Waals surface area contributed by atoms with Gasteiger partial charge in [-0.3, -0.25) is 9.59 Å². The molecule has 0 aliphatic rings. The maximum Gasteiger partial charge on any atom is 0.303 e. The lowest BCUT2D eigenvalue weighted by atomic mass is 9.88. The number of aliphatic carboxylic acids is 2. The third-order valence-electron chi connectivity index (χ3n) is 4.69. The Labute approximate surface area is 200 Å². The summed E-state index contributed by atoms with van der Waals surface area (Å²) in [5.74, 6) is -0.988. The molecule has 4 N–H and O–H groups in total. The topological polar surface area (TPSA) is 115 Å². The van der Waals surface area contributed by atoms with E-state index >= 15 is 0 Å². The van der Waals surface area contributed by atoms with Gasteiger partial charge < -0.3 is 20.4 Å². The van der Waals surface area contributed by atoms with E-state index in [1.54, 1.807) is 38.1 Å². The van der Waals surface area contributed by atoms with Crippen LogP contribution in [-0.2, 0) is 9.59 Å². The Bertz CT molecular complexity index is 991. The van der Waals surface area contributed by atoms with E-state index in [2.05, 4.69) is 19.1 Å². The van der Waals surface area contributed by atoms with E-state index in [1.807, 2.05) is 42.5 Å². The summed E-state index contributed by atoms with van der Waals surface area (Å²) in [6.45, 7) is 5.34. The molecule has 0 saturated heterocycles. The van der Waals surface area contributed by atoms with Crippen LogP contribution < -0.4 is 0 Å². The predicted molar refractivity (Wildman–Crippen MR) is 135 cm³/mol. The minimum atomic E-state index is -0.745. The molecular formula is C28H32O6. The van der Waals surface area contributed by atoms with Crippen molar-refractivity contribution in [2.45, 2.75) is 40.0 Å². The van der Waals surface area contributed by atoms with Gasteiger partial charge >= 0.3 is 11.9 Å². The van der Waals surface area contributed by atoms with Gasteiger partial charge in [0.15, 0.2) is 0 Å². The monoisotopic (exact) mass is 464 g/mol. The molecule has 0 saturated carbocycles. The van der Waals surface area contributed by atoms with Crippen LogP contribution in [0.15, 0.2) is 78.9 Å². The van der Waals surface area contributed by atoms with Gasteiger partial charge in [-0.2, -0.15) is 0 Å². The number of phenols is 2. The number of carboxylic acids is 2. The number of hydrogen-bond acceptors (Lipinski definition) is 4. The van der Waals surface area contributed by atoms with E-state index in [0.717, 1.165) is 23.1 Å². The zero-order valence-electron chi connectivity index (χ0n) is 19.7. The van der Waals surface area contributed by atoms with Crippen LogP contribution in [-0.4, -0.2) is 32.4 Å². The van der Waals surface area contributed by atoms with Gasteiger partial charge in [-0.05, 0) is 58.5 Å². The largest absolute Gasteiger partial charge is 0.508 e. The van der Waals surface area contributed by atoms with Crippen molar-refractivity contribution < 1.29 is 30.0 Å². The first-order chi connectivity index (χ1) is 16.2. The second-order valence-corrected chi connectivity index (χ2v) is 7.16. The van der Waals surface area contributed by atoms with Crippen molar-refractivity contribution in [2.75, 3.05) is 0 Å². The number of carbonyl (C=O) groups is 2. The van der Waals surface area contributed by atoms with E-state index in [4.69, 9.17) is 10.2 Å². The molecule has 0 atom stereocenters. The van der Waals surface area contributed by atoms with Crippen molar-refractivity contribution in [3.05, 3.63) is 95.6 Å². The highest BCUT2D eigenvalue weighted by molar-refractivity contribution is 5.98. The van der Waals surface area contributed by atoms with Crippen molar-refractivity contribution >= 4 is 23.1 Å². The fourth-order valence-electron chi connectivity index (χ4n) is 2.94. The third-order valence-corrected chi connectivity index (χ3v) is 4.69. The minimum Gasteiger partial charge on any atom is -0.508 e. The van der Waals surface area contributed by atoms with Crippen molar-refractivity contribution in [1.82, 2.24) is 0 Å². The maximum atomic E-state index is 9.61. The van der Waals surface area contributed by atoms with Gasteiger partial charge in [0.1, 0.15) is 11.5 Å². The molecule has 0 aliphatic heterocycles. The van der Waals surface area contributed by atoms with E-state index in [1.165, 1.54) is 11.1 Å². The zero-order valence-corrected chi connectivity index (χ0v) is 19.7. The van der Waals surface area contributed by atoms with Crippen LogP contribution >= 0.6 is 0 Å². The van der Waals surface area contributed by atoms with Crippen LogP contribution in [0.3, 0.4) is 0 Å². The molecule has 0 amide bonds. The van der Waals surface area contributed by atoms with E-state index in [0.29, 0.717) is 0 Å². The molecule has 0 bridgehead atoms. The Morgan fingerprint density at radius 1 is 0.559 bits per heavy atom. The fraction of sp³-hybridized carbons (Fsp3) is 0.214. The summed E-state index contributed by atoms with van der Waals surface area (Å²) in [6.07, 6.45) is 1.32. The standard InChI is InChI=1S/C22H20O2.2C3H6O2/c1-2-21(16-6-4-3-5-7-16)22(17-8-12-19(23)13-9-17)18-10-14-20(24)15-11-18;2*1-2-3(4)5/h3-15,23-24H,2H2,1H3;2*2H2,1H3,(H,4,5). The number of hydrogen-bond donors (Lipinski definition) is 4. The summed E-state index contributed by atoms with van der Waals surface area (Å²) in [5.41, 5.74) is 5.60. The molecule has 3 aromatic rings. The molecule has 0 heterocycles. The van der Waals surface area contributed by atoms with Gasteiger partial charge in [-0.15, -0.1) is 0 Å². The molecule has 0 unspecified atom stereocenters. The average Bonchev–Trinajstić information content (AvgIpc) is 2.85. The number of rotatable bonds is 6. The van der Waals surface area contributed by atoms with Gasteiger partial charge in [0.25, 0.3) is 0 Å². The van der Waals surface area contributed by atoms with Crippen LogP contribution in [0.1, 0.15) is 56.7 Å². The number of benzene rings is 3. The Hall–Kier alpha value is -4.06. The van der Waals surface area contributed by atoms with Crippen molar-refractivity contribution in [3.63, 3.8) is 0 Å². The Morgan fingerprint density at radius 3 is 1.21 bits per heavy atom. The summed E-state index contributed by atoms with van der Waals surface area (Å²) < 4.78 is 0. The Morgan fingerprint density at radius 2 is 0.912 bits per heavy atom. The molecule has 34 heavy (non-hydrogen) atoms. The van der Waals surface area contributed by atoms with Crippen molar-refractivity contribution in [1.29, 1.82) is 0 Å². The maximum absolute atomic E-state index is 9.61. The number of phenolic OH excluding ortho intramolecular Hbond substituents is 2. The van der Waals surface area contributed by atoms with E-state index in [9.17, 15) is 19.8 Å². The van der Waals surface area contributed by atoms with Crippen LogP contribution in [0.5, 0.6) is 11.5 Å². The molecule has 0 radical (unpaired) electrons. The lowest BCUT2D eigenvalue weighted by molar-refractivity contribution is -0.137. The van der Waals surface area contributed by atoms with Crippen LogP contribution in [0, 0.1) is 0 Å². The van der Waals surface area contributed by atoms with Crippen molar-refractivity contribution in [3.8, 4) is 11.5 Å². The minimum absolute atomic E-state index is 0.222. The van der Waals surface area contributed by atoms with Gasteiger partial charge in [0.05, 0.1) is 0 Å². The molecule has 3 aromatic carbocycles. The first-order valence-corrected chi connectivity index (χ1v) is 11.0. The smallest absolute Gasteiger partial charge is 0.303 e. The normalized spacial score (nSPS) is 9.50. The quantitative estimate of drug-likeness (QED) is 0.313. The van der Waals surface area contributed by atoms with Crippen LogP contribution in [0.25, 0.3) is 11.1 Å². The lowest BCUT2D eigenvalue weighted by Gasteiger charge is -2.16. The summed E-state index contributed by atoms with van der Waals surface area (Å²) in [4.78, 5) is 18.7. The van der Waals surface area contributed by atoms with Crippen molar-refractivity contribution in [2.24, 2.45) is 0 Å². The summed E-state index contributed by atoms with van der Waals surface area (Å²) in [6, 6.07) is 24.8. The van der Waals surface area contributed by atoms with Crippen LogP contribution in [0.4, 0.5) is 0 Å². The molecule has 0 fully saturated rings. The molecule has 6 heteroatoms. The summed E-state index contributed by atoms with van der Waals surface area (Å²) in [5, 5.41) is 34.7. The predicted octanol–water partition coefficient (Wildman–Crippen LogP) is 6.43. The number of aromatic hydroxyl groups is 2. The number of carboxylic acid groups (broad SMARTS) is 2. The highest BCUT2D eigenvalue weighted by Gasteiger charge is 2.13. The molecule has 3 rings (SSSR count). The van der Waals surface area contributed by atoms with Crippen LogP contribution in [0.2, 0.25) is 0 Å². The summed E-state index contributed by atoms with van der Waals surface area (Å²) in [7, 11) is 0. The Balaban J connectivity index is 0.000000489. The third kappa shape index (κ3) is 9.61.